The van der Waals surface area contributed by atoms with Crippen molar-refractivity contribution in [1.29, 1.82) is 0 Å². The minimum Gasteiger partial charge on any atom is -0.356 e. The maximum absolute atomic E-state index is 13.0. The Morgan fingerprint density at radius 1 is 1.12 bits per heavy atom. The Labute approximate surface area is 147 Å². The average Bonchev–Trinajstić information content (AvgIpc) is 3.08. The molecule has 2 aromatic carbocycles. The molecule has 0 aliphatic heterocycles. The Hall–Kier alpha value is -3.09. The first-order chi connectivity index (χ1) is 12.3. The summed E-state index contributed by atoms with van der Waals surface area (Å²) in [5.41, 5.74) is 0.936. The third kappa shape index (κ3) is 3.93. The summed E-state index contributed by atoms with van der Waals surface area (Å²) in [6.07, 6.45) is -4.60. The maximum atomic E-state index is 13.0. The highest BCUT2D eigenvalue weighted by atomic mass is 19.4. The Morgan fingerprint density at radius 3 is 2.50 bits per heavy atom. The number of aromatic nitrogens is 1. The number of carbonyl (C=O) groups excluding carboxylic acids is 1. The van der Waals surface area contributed by atoms with E-state index in [4.69, 9.17) is 4.52 Å². The van der Waals surface area contributed by atoms with Crippen LogP contribution < -0.4 is 5.32 Å². The summed E-state index contributed by atoms with van der Waals surface area (Å²) in [7, 11) is 0. The third-order valence-corrected chi connectivity index (χ3v) is 3.80. The van der Waals surface area contributed by atoms with E-state index in [1.165, 1.54) is 12.1 Å². The summed E-state index contributed by atoms with van der Waals surface area (Å²) in [4.78, 5) is 12.1. The van der Waals surface area contributed by atoms with Gasteiger partial charge in [0.15, 0.2) is 5.76 Å². The fraction of sp³-hybridized carbons (Fsp3) is 0.158. The minimum atomic E-state index is -4.60. The van der Waals surface area contributed by atoms with E-state index in [0.717, 1.165) is 23.3 Å². The van der Waals surface area contributed by atoms with Gasteiger partial charge in [-0.2, -0.15) is 13.2 Å². The average molecular weight is 360 g/mol. The van der Waals surface area contributed by atoms with Gasteiger partial charge in [0.25, 0.3) is 5.91 Å². The molecular formula is C19H15F3N2O2. The Balaban J connectivity index is 1.70. The SMILES string of the molecule is Cc1ccc(-c2cc(CNC(=O)c3ccccc3C(F)(F)F)no2)cc1. The van der Waals surface area contributed by atoms with Crippen LogP contribution in [0.5, 0.6) is 0 Å². The molecule has 3 rings (SSSR count). The van der Waals surface area contributed by atoms with Crippen molar-refractivity contribution in [2.45, 2.75) is 19.6 Å². The molecule has 0 radical (unpaired) electrons. The number of halogens is 3. The van der Waals surface area contributed by atoms with Crippen molar-refractivity contribution >= 4 is 5.91 Å². The monoisotopic (exact) mass is 360 g/mol. The van der Waals surface area contributed by atoms with Gasteiger partial charge < -0.3 is 9.84 Å². The summed E-state index contributed by atoms with van der Waals surface area (Å²) in [5.74, 6) is -0.303. The molecular weight excluding hydrogens is 345 g/mol. The van der Waals surface area contributed by atoms with E-state index in [1.54, 1.807) is 6.07 Å². The second kappa shape index (κ2) is 7.03. The molecule has 0 spiro atoms. The summed E-state index contributed by atoms with van der Waals surface area (Å²) >= 11 is 0. The zero-order valence-electron chi connectivity index (χ0n) is 13.8. The zero-order chi connectivity index (χ0) is 18.7. The van der Waals surface area contributed by atoms with Crippen LogP contribution in [0.1, 0.15) is 27.2 Å². The second-order valence-electron chi connectivity index (χ2n) is 5.77. The van der Waals surface area contributed by atoms with E-state index in [-0.39, 0.29) is 6.54 Å². The number of rotatable bonds is 4. The summed E-state index contributed by atoms with van der Waals surface area (Å²) < 4.78 is 44.2. The molecule has 3 aromatic rings. The van der Waals surface area contributed by atoms with E-state index in [1.807, 2.05) is 31.2 Å². The highest BCUT2D eigenvalue weighted by Crippen LogP contribution is 2.31. The molecule has 1 aromatic heterocycles. The Bertz CT molecular complexity index is 915. The Kier molecular flexibility index (Phi) is 4.79. The van der Waals surface area contributed by atoms with Gasteiger partial charge >= 0.3 is 6.18 Å². The molecule has 1 N–H and O–H groups in total. The summed E-state index contributed by atoms with van der Waals surface area (Å²) in [5, 5.41) is 6.28. The lowest BCUT2D eigenvalue weighted by atomic mass is 10.1. The topological polar surface area (TPSA) is 55.1 Å². The molecule has 134 valence electrons. The van der Waals surface area contributed by atoms with E-state index >= 15 is 0 Å². The number of alkyl halides is 3. The van der Waals surface area contributed by atoms with Gasteiger partial charge in [0, 0.05) is 11.6 Å². The van der Waals surface area contributed by atoms with Gasteiger partial charge in [-0.05, 0) is 19.1 Å². The van der Waals surface area contributed by atoms with Crippen LogP contribution in [0.4, 0.5) is 13.2 Å². The van der Waals surface area contributed by atoms with Crippen LogP contribution >= 0.6 is 0 Å². The van der Waals surface area contributed by atoms with Crippen LogP contribution in [0.3, 0.4) is 0 Å². The van der Waals surface area contributed by atoms with Gasteiger partial charge in [0.1, 0.15) is 5.69 Å². The minimum absolute atomic E-state index is 0.0413. The number of carbonyl (C=O) groups is 1. The van der Waals surface area contributed by atoms with Gasteiger partial charge in [-0.3, -0.25) is 4.79 Å². The van der Waals surface area contributed by atoms with Gasteiger partial charge in [0.05, 0.1) is 17.7 Å². The molecule has 0 aliphatic rings. The number of hydrogen-bond donors (Lipinski definition) is 1. The van der Waals surface area contributed by atoms with Crippen molar-refractivity contribution in [3.8, 4) is 11.3 Å². The molecule has 0 aliphatic carbocycles. The fourth-order valence-electron chi connectivity index (χ4n) is 2.44. The van der Waals surface area contributed by atoms with Crippen molar-refractivity contribution < 1.29 is 22.5 Å². The third-order valence-electron chi connectivity index (χ3n) is 3.80. The maximum Gasteiger partial charge on any atom is 0.417 e. The van der Waals surface area contributed by atoms with Gasteiger partial charge in [-0.25, -0.2) is 0 Å². The van der Waals surface area contributed by atoms with Gasteiger partial charge in [-0.15, -0.1) is 0 Å². The molecule has 0 saturated carbocycles. The molecule has 4 nitrogen and oxygen atoms in total. The van der Waals surface area contributed by atoms with E-state index in [0.29, 0.717) is 11.5 Å². The van der Waals surface area contributed by atoms with Crippen molar-refractivity contribution in [3.05, 3.63) is 77.0 Å². The first-order valence-corrected chi connectivity index (χ1v) is 7.81. The molecule has 1 amide bonds. The predicted molar refractivity (Wildman–Crippen MR) is 89.3 cm³/mol. The summed E-state index contributed by atoms with van der Waals surface area (Å²) in [6.45, 7) is 1.92. The van der Waals surface area contributed by atoms with Crippen LogP contribution in [0.2, 0.25) is 0 Å². The lowest BCUT2D eigenvalue weighted by Crippen LogP contribution is -2.26. The molecule has 0 saturated heterocycles. The normalized spacial score (nSPS) is 11.4. The van der Waals surface area contributed by atoms with Gasteiger partial charge in [-0.1, -0.05) is 47.1 Å². The van der Waals surface area contributed by atoms with Crippen LogP contribution in [-0.2, 0) is 12.7 Å². The Morgan fingerprint density at radius 2 is 1.81 bits per heavy atom. The number of nitrogens with one attached hydrogen (secondary N) is 1. The quantitative estimate of drug-likeness (QED) is 0.740. The molecule has 0 fully saturated rings. The zero-order valence-corrected chi connectivity index (χ0v) is 13.8. The molecule has 1 heterocycles. The molecule has 0 atom stereocenters. The van der Waals surface area contributed by atoms with Crippen molar-refractivity contribution in [3.63, 3.8) is 0 Å². The predicted octanol–water partition coefficient (Wildman–Crippen LogP) is 4.60. The standard InChI is InChI=1S/C19H15F3N2O2/c1-12-6-8-13(9-7-12)17-10-14(24-26-17)11-23-18(25)15-4-2-3-5-16(15)19(20,21)22/h2-10H,11H2,1H3,(H,23,25). The fourth-order valence-corrected chi connectivity index (χ4v) is 2.44. The lowest BCUT2D eigenvalue weighted by molar-refractivity contribution is -0.137. The number of benzene rings is 2. The summed E-state index contributed by atoms with van der Waals surface area (Å²) in [6, 6.07) is 13.9. The first-order valence-electron chi connectivity index (χ1n) is 7.81. The number of nitrogens with zero attached hydrogens (tertiary/aromatic N) is 1. The van der Waals surface area contributed by atoms with E-state index in [9.17, 15) is 18.0 Å². The highest BCUT2D eigenvalue weighted by Gasteiger charge is 2.34. The van der Waals surface area contributed by atoms with Crippen molar-refractivity contribution in [2.24, 2.45) is 0 Å². The van der Waals surface area contributed by atoms with Crippen molar-refractivity contribution in [2.75, 3.05) is 0 Å². The smallest absolute Gasteiger partial charge is 0.356 e. The van der Waals surface area contributed by atoms with Crippen LogP contribution in [0, 0.1) is 6.92 Å². The number of amides is 1. The molecule has 26 heavy (non-hydrogen) atoms. The largest absolute Gasteiger partial charge is 0.417 e. The number of aryl methyl sites for hydroxylation is 1. The molecule has 7 heteroatoms. The van der Waals surface area contributed by atoms with Crippen LogP contribution in [-0.4, -0.2) is 11.1 Å². The van der Waals surface area contributed by atoms with E-state index in [2.05, 4.69) is 10.5 Å². The molecule has 0 bridgehead atoms. The second-order valence-corrected chi connectivity index (χ2v) is 5.77. The van der Waals surface area contributed by atoms with Crippen molar-refractivity contribution in [1.82, 2.24) is 10.5 Å². The number of hydrogen-bond acceptors (Lipinski definition) is 3. The lowest BCUT2D eigenvalue weighted by Gasteiger charge is -2.12. The van der Waals surface area contributed by atoms with E-state index < -0.39 is 23.2 Å². The first kappa shape index (κ1) is 17.7. The highest BCUT2D eigenvalue weighted by molar-refractivity contribution is 5.95. The molecule has 0 unspecified atom stereocenters. The van der Waals surface area contributed by atoms with Gasteiger partial charge in [0.2, 0.25) is 0 Å². The van der Waals surface area contributed by atoms with Crippen LogP contribution in [0.15, 0.2) is 59.1 Å². The van der Waals surface area contributed by atoms with Crippen LogP contribution in [0.25, 0.3) is 11.3 Å².